The molecule has 0 unspecified atom stereocenters. The SMILES string of the molecule is C=[N+](OP(O)(O)=S)C1(OCC)CC1. The summed E-state index contributed by atoms with van der Waals surface area (Å²) in [4.78, 5) is 17.7. The van der Waals surface area contributed by atoms with Gasteiger partial charge in [-0.2, -0.15) is 4.62 Å². The maximum Gasteiger partial charge on any atom is 0.442 e. The van der Waals surface area contributed by atoms with Crippen molar-refractivity contribution in [1.29, 1.82) is 0 Å². The van der Waals surface area contributed by atoms with E-state index in [9.17, 15) is 0 Å². The Labute approximate surface area is 81.8 Å². The number of rotatable bonds is 5. The number of hydroxylamine groups is 1. The van der Waals surface area contributed by atoms with Crippen LogP contribution >= 0.6 is 6.72 Å². The third-order valence-electron chi connectivity index (χ3n) is 1.75. The molecule has 0 saturated heterocycles. The van der Waals surface area contributed by atoms with Gasteiger partial charge >= 0.3 is 12.4 Å². The minimum atomic E-state index is -3.69. The van der Waals surface area contributed by atoms with Crippen molar-refractivity contribution >= 4 is 25.2 Å². The smallest absolute Gasteiger partial charge is 0.316 e. The van der Waals surface area contributed by atoms with Gasteiger partial charge in [-0.05, 0) is 6.92 Å². The molecule has 0 spiro atoms. The molecule has 7 heteroatoms. The van der Waals surface area contributed by atoms with Crippen LogP contribution in [0.4, 0.5) is 0 Å². The summed E-state index contributed by atoms with van der Waals surface area (Å²) < 4.78 is 11.1. The second kappa shape index (κ2) is 3.63. The highest BCUT2D eigenvalue weighted by molar-refractivity contribution is 8.06. The van der Waals surface area contributed by atoms with Crippen molar-refractivity contribution in [3.05, 3.63) is 0 Å². The lowest BCUT2D eigenvalue weighted by Crippen LogP contribution is -2.29. The van der Waals surface area contributed by atoms with Crippen molar-refractivity contribution in [2.45, 2.75) is 25.5 Å². The number of hydrogen-bond donors (Lipinski definition) is 2. The van der Waals surface area contributed by atoms with E-state index in [1.807, 2.05) is 6.92 Å². The van der Waals surface area contributed by atoms with Gasteiger partial charge in [-0.3, -0.25) is 0 Å². The van der Waals surface area contributed by atoms with Crippen LogP contribution in [0.1, 0.15) is 19.8 Å². The topological polar surface area (TPSA) is 61.9 Å². The molecule has 1 aliphatic carbocycles. The van der Waals surface area contributed by atoms with Crippen molar-refractivity contribution in [2.24, 2.45) is 0 Å². The van der Waals surface area contributed by atoms with E-state index in [0.29, 0.717) is 6.61 Å². The fourth-order valence-electron chi connectivity index (χ4n) is 1.04. The zero-order chi connectivity index (χ0) is 10.1. The predicted octanol–water partition coefficient (Wildman–Crippen LogP) is 0.367. The minimum Gasteiger partial charge on any atom is -0.316 e. The van der Waals surface area contributed by atoms with Crippen LogP contribution in [-0.2, 0) is 21.2 Å². The van der Waals surface area contributed by atoms with E-state index in [1.54, 1.807) is 0 Å². The molecule has 0 aromatic rings. The number of hydrogen-bond acceptors (Lipinski definition) is 3. The molecule has 0 atom stereocenters. The van der Waals surface area contributed by atoms with Crippen LogP contribution in [0.5, 0.6) is 0 Å². The van der Waals surface area contributed by atoms with E-state index in [1.165, 1.54) is 0 Å². The molecule has 0 radical (unpaired) electrons. The third kappa shape index (κ3) is 3.00. The lowest BCUT2D eigenvalue weighted by Gasteiger charge is -2.12. The first kappa shape index (κ1) is 11.1. The lowest BCUT2D eigenvalue weighted by atomic mass is 10.6. The van der Waals surface area contributed by atoms with E-state index in [2.05, 4.69) is 23.1 Å². The van der Waals surface area contributed by atoms with E-state index in [0.717, 1.165) is 17.6 Å². The fourth-order valence-corrected chi connectivity index (χ4v) is 1.69. The largest absolute Gasteiger partial charge is 0.442 e. The Morgan fingerprint density at radius 2 is 2.15 bits per heavy atom. The molecular weight excluding hydrogens is 213 g/mol. The minimum absolute atomic E-state index is 0.523. The highest BCUT2D eigenvalue weighted by atomic mass is 32.5. The van der Waals surface area contributed by atoms with Crippen LogP contribution in [-0.4, -0.2) is 33.6 Å². The Hall–Kier alpha value is -0.0000000000000000486. The second-order valence-corrected chi connectivity index (χ2v) is 5.40. The van der Waals surface area contributed by atoms with Crippen LogP contribution in [0.15, 0.2) is 0 Å². The maximum atomic E-state index is 8.87. The van der Waals surface area contributed by atoms with E-state index < -0.39 is 12.4 Å². The Balaban J connectivity index is 2.53. The molecule has 0 heterocycles. The van der Waals surface area contributed by atoms with Gasteiger partial charge in [0.25, 0.3) is 0 Å². The summed E-state index contributed by atoms with van der Waals surface area (Å²) in [7, 11) is 0. The van der Waals surface area contributed by atoms with Crippen molar-refractivity contribution in [3.8, 4) is 0 Å². The summed E-state index contributed by atoms with van der Waals surface area (Å²) in [6.45, 7) is 2.19. The zero-order valence-corrected chi connectivity index (χ0v) is 9.05. The van der Waals surface area contributed by atoms with Gasteiger partial charge in [-0.25, -0.2) is 0 Å². The summed E-state index contributed by atoms with van der Waals surface area (Å²) in [5.41, 5.74) is -0.593. The van der Waals surface area contributed by atoms with Crippen LogP contribution in [0, 0.1) is 0 Å². The summed E-state index contributed by atoms with van der Waals surface area (Å²) in [5, 5.41) is 0. The zero-order valence-electron chi connectivity index (χ0n) is 7.34. The van der Waals surface area contributed by atoms with Crippen LogP contribution in [0.25, 0.3) is 0 Å². The molecule has 1 rings (SSSR count). The van der Waals surface area contributed by atoms with Gasteiger partial charge in [0.1, 0.15) is 0 Å². The van der Waals surface area contributed by atoms with Crippen LogP contribution < -0.4 is 0 Å². The first-order valence-electron chi connectivity index (χ1n) is 3.89. The molecule has 1 saturated carbocycles. The van der Waals surface area contributed by atoms with E-state index >= 15 is 0 Å². The summed E-state index contributed by atoms with van der Waals surface area (Å²) in [6, 6.07) is 0. The van der Waals surface area contributed by atoms with Crippen LogP contribution in [0.3, 0.4) is 0 Å². The number of nitrogens with zero attached hydrogens (tertiary/aromatic N) is 1. The average molecular weight is 226 g/mol. The molecule has 0 amide bonds. The predicted molar refractivity (Wildman–Crippen MR) is 50.8 cm³/mol. The molecule has 0 aliphatic heterocycles. The molecule has 76 valence electrons. The Kier molecular flexibility index (Phi) is 3.09. The van der Waals surface area contributed by atoms with E-state index in [-0.39, 0.29) is 0 Å². The first-order chi connectivity index (χ1) is 5.90. The summed E-state index contributed by atoms with van der Waals surface area (Å²) >= 11 is 4.30. The van der Waals surface area contributed by atoms with Crippen molar-refractivity contribution in [3.63, 3.8) is 0 Å². The molecule has 0 aromatic carbocycles. The van der Waals surface area contributed by atoms with Gasteiger partial charge < -0.3 is 14.5 Å². The summed E-state index contributed by atoms with van der Waals surface area (Å²) in [5.74, 6) is 0. The third-order valence-corrected chi connectivity index (χ3v) is 2.36. The van der Waals surface area contributed by atoms with Crippen molar-refractivity contribution in [1.82, 2.24) is 0 Å². The Bertz CT molecular complexity index is 259. The average Bonchev–Trinajstić information content (AvgIpc) is 2.66. The molecule has 2 N–H and O–H groups in total. The second-order valence-electron chi connectivity index (χ2n) is 2.83. The first-order valence-corrected chi connectivity index (χ1v) is 6.52. The highest BCUT2D eigenvalue weighted by Gasteiger charge is 2.58. The number of ether oxygens (including phenoxy) is 1. The van der Waals surface area contributed by atoms with Crippen molar-refractivity contribution in [2.75, 3.05) is 6.61 Å². The van der Waals surface area contributed by atoms with Gasteiger partial charge in [-0.15, -0.1) is 0 Å². The molecule has 0 bridgehead atoms. The van der Waals surface area contributed by atoms with Gasteiger partial charge in [0.2, 0.25) is 0 Å². The van der Waals surface area contributed by atoms with Gasteiger partial charge in [0.05, 0.1) is 19.4 Å². The molecule has 5 nitrogen and oxygen atoms in total. The van der Waals surface area contributed by atoms with Crippen LogP contribution in [0.2, 0.25) is 0 Å². The van der Waals surface area contributed by atoms with E-state index in [4.69, 9.17) is 14.5 Å². The summed E-state index contributed by atoms with van der Waals surface area (Å²) in [6.07, 6.45) is 1.53. The highest BCUT2D eigenvalue weighted by Crippen LogP contribution is 2.45. The molecule has 13 heavy (non-hydrogen) atoms. The maximum absolute atomic E-state index is 8.87. The molecule has 1 aliphatic rings. The fraction of sp³-hybridized carbons (Fsp3) is 0.833. The Morgan fingerprint density at radius 3 is 2.46 bits per heavy atom. The molecule has 1 fully saturated rings. The van der Waals surface area contributed by atoms with Crippen molar-refractivity contribution < 1.29 is 23.9 Å². The lowest BCUT2D eigenvalue weighted by molar-refractivity contribution is -0.809. The molecule has 0 aromatic heterocycles. The van der Waals surface area contributed by atoms with Gasteiger partial charge in [0.15, 0.2) is 6.72 Å². The Morgan fingerprint density at radius 1 is 1.62 bits per heavy atom. The standard InChI is InChI=1S/C6H12NO4PS/c1-3-10-6(4-5-6)7(2)11-12(8,9)13/h2-5H2,1H3,(H-,8,9,13)/p+1. The monoisotopic (exact) mass is 226 g/mol. The quantitative estimate of drug-likeness (QED) is 0.233. The molecular formula is C6H13NO4PS+. The normalized spacial score (nSPS) is 19.6. The van der Waals surface area contributed by atoms with Gasteiger partial charge in [-0.1, -0.05) is 0 Å². The van der Waals surface area contributed by atoms with Gasteiger partial charge in [0, 0.05) is 16.5 Å².